The standard InChI is InChI=1S/C14H14ClN5O/c1-3-8-6-9(4-5-10(8)15)21-13-11-12(18-7-17-11)19-14(16-2)20-13/h4-7H,3H2,1-2H3,(H2,16,17,18,19,20). The van der Waals surface area contributed by atoms with Crippen molar-refractivity contribution in [1.82, 2.24) is 19.9 Å². The minimum Gasteiger partial charge on any atom is -0.437 e. The molecule has 7 heteroatoms. The average molecular weight is 304 g/mol. The second-order valence-electron chi connectivity index (χ2n) is 4.41. The van der Waals surface area contributed by atoms with Gasteiger partial charge in [0, 0.05) is 12.1 Å². The third kappa shape index (κ3) is 2.62. The first-order chi connectivity index (χ1) is 10.2. The fourth-order valence-corrected chi connectivity index (χ4v) is 2.24. The molecule has 0 aliphatic carbocycles. The summed E-state index contributed by atoms with van der Waals surface area (Å²) >= 11 is 6.12. The van der Waals surface area contributed by atoms with Gasteiger partial charge in [0.1, 0.15) is 11.3 Å². The number of benzene rings is 1. The Hall–Kier alpha value is -2.34. The number of nitrogens with zero attached hydrogens (tertiary/aromatic N) is 3. The molecule has 108 valence electrons. The zero-order chi connectivity index (χ0) is 14.8. The van der Waals surface area contributed by atoms with Gasteiger partial charge in [0.05, 0.1) is 6.33 Å². The summed E-state index contributed by atoms with van der Waals surface area (Å²) in [7, 11) is 1.75. The SMILES string of the molecule is CCc1cc(Oc2nc(NC)nc3nc[nH]c23)ccc1Cl. The molecule has 1 aromatic carbocycles. The Balaban J connectivity index is 2.03. The van der Waals surface area contributed by atoms with Crippen LogP contribution in [0.15, 0.2) is 24.5 Å². The van der Waals surface area contributed by atoms with Gasteiger partial charge in [-0.1, -0.05) is 18.5 Å². The summed E-state index contributed by atoms with van der Waals surface area (Å²) in [6.45, 7) is 2.04. The van der Waals surface area contributed by atoms with Crippen LogP contribution in [0.2, 0.25) is 5.02 Å². The summed E-state index contributed by atoms with van der Waals surface area (Å²) in [6, 6.07) is 5.54. The van der Waals surface area contributed by atoms with Crippen molar-refractivity contribution in [1.29, 1.82) is 0 Å². The smallest absolute Gasteiger partial charge is 0.250 e. The fourth-order valence-electron chi connectivity index (χ4n) is 1.99. The van der Waals surface area contributed by atoms with Crippen LogP contribution in [0.5, 0.6) is 11.6 Å². The molecule has 6 nitrogen and oxygen atoms in total. The molecular formula is C14H14ClN5O. The van der Waals surface area contributed by atoms with E-state index in [2.05, 4.69) is 25.3 Å². The number of halogens is 1. The number of hydrogen-bond donors (Lipinski definition) is 2. The van der Waals surface area contributed by atoms with Gasteiger partial charge < -0.3 is 15.0 Å². The van der Waals surface area contributed by atoms with Crippen LogP contribution in [-0.2, 0) is 6.42 Å². The van der Waals surface area contributed by atoms with E-state index in [1.165, 1.54) is 0 Å². The third-order valence-electron chi connectivity index (χ3n) is 3.09. The minimum absolute atomic E-state index is 0.422. The Kier molecular flexibility index (Phi) is 3.62. The summed E-state index contributed by atoms with van der Waals surface area (Å²) in [5.74, 6) is 1.55. The molecule has 0 amide bonds. The normalized spacial score (nSPS) is 10.8. The number of H-pyrrole nitrogens is 1. The Morgan fingerprint density at radius 1 is 1.33 bits per heavy atom. The predicted octanol–water partition coefficient (Wildman–Crippen LogP) is 3.40. The van der Waals surface area contributed by atoms with Crippen molar-refractivity contribution in [3.63, 3.8) is 0 Å². The highest BCUT2D eigenvalue weighted by molar-refractivity contribution is 6.31. The molecular weight excluding hydrogens is 290 g/mol. The lowest BCUT2D eigenvalue weighted by Crippen LogP contribution is -1.99. The predicted molar refractivity (Wildman–Crippen MR) is 82.1 cm³/mol. The molecule has 0 fully saturated rings. The molecule has 0 atom stereocenters. The van der Waals surface area contributed by atoms with Crippen molar-refractivity contribution in [2.24, 2.45) is 0 Å². The van der Waals surface area contributed by atoms with Gasteiger partial charge in [0.25, 0.3) is 5.88 Å². The summed E-state index contributed by atoms with van der Waals surface area (Å²) in [4.78, 5) is 15.7. The van der Waals surface area contributed by atoms with Gasteiger partial charge in [-0.2, -0.15) is 9.97 Å². The molecule has 0 bridgehead atoms. The molecule has 21 heavy (non-hydrogen) atoms. The minimum atomic E-state index is 0.422. The van der Waals surface area contributed by atoms with E-state index >= 15 is 0 Å². The van der Waals surface area contributed by atoms with Gasteiger partial charge in [0.2, 0.25) is 5.95 Å². The van der Waals surface area contributed by atoms with E-state index in [4.69, 9.17) is 16.3 Å². The van der Waals surface area contributed by atoms with Crippen molar-refractivity contribution in [3.05, 3.63) is 35.1 Å². The van der Waals surface area contributed by atoms with Gasteiger partial charge in [-0.3, -0.25) is 0 Å². The van der Waals surface area contributed by atoms with Crippen molar-refractivity contribution in [3.8, 4) is 11.6 Å². The summed E-state index contributed by atoms with van der Waals surface area (Å²) in [5, 5.41) is 3.62. The number of fused-ring (bicyclic) bond motifs is 1. The molecule has 0 unspecified atom stereocenters. The van der Waals surface area contributed by atoms with E-state index in [0.29, 0.717) is 28.7 Å². The highest BCUT2D eigenvalue weighted by Gasteiger charge is 2.12. The van der Waals surface area contributed by atoms with E-state index < -0.39 is 0 Å². The molecule has 0 radical (unpaired) electrons. The average Bonchev–Trinajstić information content (AvgIpc) is 2.97. The van der Waals surface area contributed by atoms with Crippen molar-refractivity contribution in [2.45, 2.75) is 13.3 Å². The molecule has 0 saturated heterocycles. The van der Waals surface area contributed by atoms with Crippen LogP contribution < -0.4 is 10.1 Å². The second-order valence-corrected chi connectivity index (χ2v) is 4.82. The molecule has 3 rings (SSSR count). The van der Waals surface area contributed by atoms with Gasteiger partial charge >= 0.3 is 0 Å². The van der Waals surface area contributed by atoms with Gasteiger partial charge in [0.15, 0.2) is 5.65 Å². The topological polar surface area (TPSA) is 75.7 Å². The van der Waals surface area contributed by atoms with Crippen molar-refractivity contribution >= 4 is 28.7 Å². The number of ether oxygens (including phenoxy) is 1. The summed E-state index contributed by atoms with van der Waals surface area (Å²) in [5.41, 5.74) is 2.23. The summed E-state index contributed by atoms with van der Waals surface area (Å²) in [6.07, 6.45) is 2.39. The zero-order valence-corrected chi connectivity index (χ0v) is 12.4. The maximum Gasteiger partial charge on any atom is 0.250 e. The lowest BCUT2D eigenvalue weighted by molar-refractivity contribution is 0.467. The van der Waals surface area contributed by atoms with Crippen LogP contribution in [-0.4, -0.2) is 27.0 Å². The lowest BCUT2D eigenvalue weighted by Gasteiger charge is -2.09. The second kappa shape index (κ2) is 5.57. The van der Waals surface area contributed by atoms with Crippen LogP contribution in [0.1, 0.15) is 12.5 Å². The quantitative estimate of drug-likeness (QED) is 0.772. The van der Waals surface area contributed by atoms with Crippen molar-refractivity contribution < 1.29 is 4.74 Å². The van der Waals surface area contributed by atoms with E-state index in [1.807, 2.05) is 25.1 Å². The number of rotatable bonds is 4. The van der Waals surface area contributed by atoms with E-state index in [9.17, 15) is 0 Å². The first-order valence-electron chi connectivity index (χ1n) is 6.56. The number of aryl methyl sites for hydroxylation is 1. The highest BCUT2D eigenvalue weighted by atomic mass is 35.5. The molecule has 0 saturated carbocycles. The first-order valence-corrected chi connectivity index (χ1v) is 6.94. The van der Waals surface area contributed by atoms with Crippen molar-refractivity contribution in [2.75, 3.05) is 12.4 Å². The first kappa shape index (κ1) is 13.6. The largest absolute Gasteiger partial charge is 0.437 e. The van der Waals surface area contributed by atoms with Crippen LogP contribution >= 0.6 is 11.6 Å². The third-order valence-corrected chi connectivity index (χ3v) is 3.46. The number of aromatic nitrogens is 4. The van der Waals surface area contributed by atoms with E-state index in [0.717, 1.165) is 17.0 Å². The number of anilines is 1. The Morgan fingerprint density at radius 2 is 2.19 bits per heavy atom. The van der Waals surface area contributed by atoms with Crippen LogP contribution in [0.25, 0.3) is 11.2 Å². The van der Waals surface area contributed by atoms with Crippen LogP contribution in [0, 0.1) is 0 Å². The molecule has 0 spiro atoms. The molecule has 2 N–H and O–H groups in total. The molecule has 0 aliphatic rings. The maximum atomic E-state index is 6.12. The van der Waals surface area contributed by atoms with Gasteiger partial charge in [-0.25, -0.2) is 4.98 Å². The van der Waals surface area contributed by atoms with E-state index in [1.54, 1.807) is 13.4 Å². The number of nitrogens with one attached hydrogen (secondary N) is 2. The maximum absolute atomic E-state index is 6.12. The molecule has 3 aromatic rings. The lowest BCUT2D eigenvalue weighted by atomic mass is 10.1. The van der Waals surface area contributed by atoms with E-state index in [-0.39, 0.29) is 0 Å². The van der Waals surface area contributed by atoms with Crippen LogP contribution in [0.4, 0.5) is 5.95 Å². The molecule has 0 aliphatic heterocycles. The number of aromatic amines is 1. The highest BCUT2D eigenvalue weighted by Crippen LogP contribution is 2.29. The van der Waals surface area contributed by atoms with Crippen LogP contribution in [0.3, 0.4) is 0 Å². The number of hydrogen-bond acceptors (Lipinski definition) is 5. The Bertz CT molecular complexity index is 786. The Morgan fingerprint density at radius 3 is 2.95 bits per heavy atom. The Labute approximate surface area is 126 Å². The summed E-state index contributed by atoms with van der Waals surface area (Å²) < 4.78 is 5.87. The number of imidazole rings is 1. The monoisotopic (exact) mass is 303 g/mol. The molecule has 2 aromatic heterocycles. The fraction of sp³-hybridized carbons (Fsp3) is 0.214. The zero-order valence-electron chi connectivity index (χ0n) is 11.6. The molecule has 2 heterocycles. The van der Waals surface area contributed by atoms with Gasteiger partial charge in [-0.05, 0) is 30.2 Å². The van der Waals surface area contributed by atoms with Gasteiger partial charge in [-0.15, -0.1) is 0 Å².